The summed E-state index contributed by atoms with van der Waals surface area (Å²) in [7, 11) is 0. The van der Waals surface area contributed by atoms with Gasteiger partial charge in [-0.15, -0.1) is 0 Å². The predicted octanol–water partition coefficient (Wildman–Crippen LogP) is 6.11. The standard InChI is InChI=1S/C35H29ClN4O7/c1-22(46-35(43)26-16-10-5-11-17-26)28(20-44-33(41)24-12-6-3-7-13-24)47-29(21-45-34(42)25-14-8-4-9-15-25)40-19-27(18-37)30-31(36)38-23(2)39-32(30)40/h3-17,19,22,28-29H,20-21H2,1-2H3/t22-,28+,29+/m0/s1. The van der Waals surface area contributed by atoms with Crippen molar-refractivity contribution in [3.63, 3.8) is 0 Å². The van der Waals surface area contributed by atoms with Gasteiger partial charge in [-0.25, -0.2) is 24.4 Å². The summed E-state index contributed by atoms with van der Waals surface area (Å²) in [4.78, 5) is 47.6. The van der Waals surface area contributed by atoms with Crippen LogP contribution in [0.1, 0.15) is 55.6 Å². The van der Waals surface area contributed by atoms with Gasteiger partial charge in [0, 0.05) is 6.20 Å². The second kappa shape index (κ2) is 15.1. The summed E-state index contributed by atoms with van der Waals surface area (Å²) in [5, 5.41) is 10.2. The Morgan fingerprint density at radius 1 is 0.809 bits per heavy atom. The molecule has 11 nitrogen and oxygen atoms in total. The van der Waals surface area contributed by atoms with Crippen LogP contribution in [0.5, 0.6) is 0 Å². The third-order valence-electron chi connectivity index (χ3n) is 7.08. The molecule has 5 rings (SSSR count). The molecule has 0 saturated heterocycles. The first-order chi connectivity index (χ1) is 22.7. The first-order valence-corrected chi connectivity index (χ1v) is 14.9. The van der Waals surface area contributed by atoms with Crippen LogP contribution in [0.2, 0.25) is 5.15 Å². The molecule has 12 heteroatoms. The van der Waals surface area contributed by atoms with E-state index in [1.54, 1.807) is 105 Å². The Hall–Kier alpha value is -5.57. The molecule has 238 valence electrons. The lowest BCUT2D eigenvalue weighted by molar-refractivity contribution is -0.136. The first-order valence-electron chi connectivity index (χ1n) is 14.6. The van der Waals surface area contributed by atoms with Gasteiger partial charge >= 0.3 is 17.9 Å². The Labute approximate surface area is 275 Å². The smallest absolute Gasteiger partial charge is 0.338 e. The number of halogens is 1. The molecular formula is C35H29ClN4O7. The average Bonchev–Trinajstić information content (AvgIpc) is 3.47. The predicted molar refractivity (Wildman–Crippen MR) is 171 cm³/mol. The van der Waals surface area contributed by atoms with Crippen molar-refractivity contribution in [1.29, 1.82) is 5.26 Å². The highest BCUT2D eigenvalue weighted by molar-refractivity contribution is 6.34. The van der Waals surface area contributed by atoms with E-state index in [2.05, 4.69) is 16.0 Å². The second-order valence-electron chi connectivity index (χ2n) is 10.4. The quantitative estimate of drug-likeness (QED) is 0.0880. The molecule has 0 fully saturated rings. The van der Waals surface area contributed by atoms with Crippen molar-refractivity contribution in [2.24, 2.45) is 0 Å². The fourth-order valence-electron chi connectivity index (χ4n) is 4.69. The lowest BCUT2D eigenvalue weighted by atomic mass is 10.2. The minimum atomic E-state index is -1.16. The molecule has 0 N–H and O–H groups in total. The third kappa shape index (κ3) is 7.99. The largest absolute Gasteiger partial charge is 0.459 e. The maximum Gasteiger partial charge on any atom is 0.338 e. The number of esters is 3. The SMILES string of the molecule is Cc1nc(Cl)c2c(C#N)cn([C@@H](COC(=O)c3ccccc3)O[C@H](COC(=O)c3ccccc3)[C@H](C)OC(=O)c3ccccc3)c2n1. The molecule has 0 spiro atoms. The van der Waals surface area contributed by atoms with Gasteiger partial charge in [-0.2, -0.15) is 5.26 Å². The Balaban J connectivity index is 1.49. The van der Waals surface area contributed by atoms with E-state index in [4.69, 9.17) is 30.5 Å². The van der Waals surface area contributed by atoms with Gasteiger partial charge in [0.05, 0.1) is 27.6 Å². The fourth-order valence-corrected chi connectivity index (χ4v) is 5.00. The molecule has 2 heterocycles. The van der Waals surface area contributed by atoms with Gasteiger partial charge in [0.2, 0.25) is 0 Å². The van der Waals surface area contributed by atoms with Gasteiger partial charge in [0.1, 0.15) is 48.1 Å². The van der Waals surface area contributed by atoms with E-state index in [0.717, 1.165) is 0 Å². The number of carbonyl (C=O) groups excluding carboxylic acids is 3. The van der Waals surface area contributed by atoms with E-state index in [-0.39, 0.29) is 35.0 Å². The number of rotatable bonds is 12. The number of hydrogen-bond donors (Lipinski definition) is 0. The Kier molecular flexibility index (Phi) is 10.6. The zero-order valence-corrected chi connectivity index (χ0v) is 26.2. The van der Waals surface area contributed by atoms with Gasteiger partial charge in [-0.05, 0) is 50.2 Å². The zero-order chi connectivity index (χ0) is 33.3. The zero-order valence-electron chi connectivity index (χ0n) is 25.4. The minimum absolute atomic E-state index is 0.0568. The van der Waals surface area contributed by atoms with Crippen LogP contribution in [0.25, 0.3) is 11.0 Å². The van der Waals surface area contributed by atoms with Crippen LogP contribution in [0.3, 0.4) is 0 Å². The van der Waals surface area contributed by atoms with Crippen molar-refractivity contribution < 1.29 is 33.3 Å². The Bertz CT molecular complexity index is 1910. The summed E-state index contributed by atoms with van der Waals surface area (Å²) in [6, 6.07) is 27.2. The monoisotopic (exact) mass is 652 g/mol. The molecule has 0 saturated carbocycles. The molecule has 0 aliphatic rings. The highest BCUT2D eigenvalue weighted by atomic mass is 35.5. The van der Waals surface area contributed by atoms with E-state index < -0.39 is 36.3 Å². The van der Waals surface area contributed by atoms with Crippen LogP contribution >= 0.6 is 11.6 Å². The molecule has 3 atom stereocenters. The number of benzene rings is 3. The number of aromatic nitrogens is 3. The normalized spacial score (nSPS) is 12.8. The maximum atomic E-state index is 13.0. The van der Waals surface area contributed by atoms with Gasteiger partial charge < -0.3 is 23.5 Å². The molecule has 0 bridgehead atoms. The molecule has 0 aliphatic carbocycles. The highest BCUT2D eigenvalue weighted by Crippen LogP contribution is 2.30. The highest BCUT2D eigenvalue weighted by Gasteiger charge is 2.31. The molecule has 0 radical (unpaired) electrons. The van der Waals surface area contributed by atoms with Crippen LogP contribution in [-0.4, -0.2) is 57.9 Å². The average molecular weight is 653 g/mol. The van der Waals surface area contributed by atoms with Crippen LogP contribution < -0.4 is 0 Å². The Morgan fingerprint density at radius 2 is 1.32 bits per heavy atom. The summed E-state index contributed by atoms with van der Waals surface area (Å²) in [6.07, 6.45) is -1.76. The molecular weight excluding hydrogens is 624 g/mol. The van der Waals surface area contributed by atoms with Crippen LogP contribution in [0, 0.1) is 18.3 Å². The maximum absolute atomic E-state index is 13.0. The molecule has 5 aromatic rings. The summed E-state index contributed by atoms with van der Waals surface area (Å²) in [6.45, 7) is 2.51. The minimum Gasteiger partial charge on any atom is -0.459 e. The van der Waals surface area contributed by atoms with Gasteiger partial charge in [0.25, 0.3) is 0 Å². The lowest BCUT2D eigenvalue weighted by Crippen LogP contribution is -2.39. The number of nitrogens with zero attached hydrogens (tertiary/aromatic N) is 4. The van der Waals surface area contributed by atoms with Crippen LogP contribution in [0.15, 0.2) is 97.2 Å². The van der Waals surface area contributed by atoms with E-state index in [9.17, 15) is 19.6 Å². The molecule has 47 heavy (non-hydrogen) atoms. The summed E-state index contributed by atoms with van der Waals surface area (Å²) in [5.74, 6) is -1.55. The van der Waals surface area contributed by atoms with E-state index >= 15 is 0 Å². The summed E-state index contributed by atoms with van der Waals surface area (Å²) >= 11 is 6.43. The molecule has 2 aromatic heterocycles. The number of hydrogen-bond acceptors (Lipinski definition) is 10. The Morgan fingerprint density at radius 3 is 1.85 bits per heavy atom. The molecule has 0 unspecified atom stereocenters. The number of nitriles is 1. The lowest BCUT2D eigenvalue weighted by Gasteiger charge is -2.29. The van der Waals surface area contributed by atoms with E-state index in [0.29, 0.717) is 22.5 Å². The van der Waals surface area contributed by atoms with E-state index in [1.165, 1.54) is 10.8 Å². The van der Waals surface area contributed by atoms with Gasteiger partial charge in [0.15, 0.2) is 6.23 Å². The number of ether oxygens (including phenoxy) is 4. The summed E-state index contributed by atoms with van der Waals surface area (Å²) in [5.41, 5.74) is 1.33. The van der Waals surface area contributed by atoms with Crippen LogP contribution in [0.4, 0.5) is 0 Å². The van der Waals surface area contributed by atoms with E-state index in [1.807, 2.05) is 0 Å². The second-order valence-corrected chi connectivity index (χ2v) is 10.7. The van der Waals surface area contributed by atoms with Crippen molar-refractivity contribution in [1.82, 2.24) is 14.5 Å². The number of aryl methyl sites for hydroxylation is 1. The fraction of sp³-hybridized carbons (Fsp3) is 0.200. The first kappa shape index (κ1) is 32.8. The van der Waals surface area contributed by atoms with Crippen molar-refractivity contribution in [2.75, 3.05) is 13.2 Å². The third-order valence-corrected chi connectivity index (χ3v) is 7.36. The molecule has 3 aromatic carbocycles. The van der Waals surface area contributed by atoms with Crippen molar-refractivity contribution in [3.05, 3.63) is 130 Å². The van der Waals surface area contributed by atoms with Crippen molar-refractivity contribution in [3.8, 4) is 6.07 Å². The van der Waals surface area contributed by atoms with Crippen LogP contribution in [-0.2, 0) is 18.9 Å². The molecule has 0 amide bonds. The van der Waals surface area contributed by atoms with Gasteiger partial charge in [-0.1, -0.05) is 66.2 Å². The van der Waals surface area contributed by atoms with Gasteiger partial charge in [-0.3, -0.25) is 0 Å². The van der Waals surface area contributed by atoms with Crippen molar-refractivity contribution >= 4 is 40.5 Å². The number of fused-ring (bicyclic) bond motifs is 1. The van der Waals surface area contributed by atoms with Crippen molar-refractivity contribution in [2.45, 2.75) is 32.3 Å². The topological polar surface area (TPSA) is 143 Å². The molecule has 0 aliphatic heterocycles. The number of carbonyl (C=O) groups is 3. The summed E-state index contributed by atoms with van der Waals surface area (Å²) < 4.78 is 25.0.